The molecular formula is C21H28IN5. The van der Waals surface area contributed by atoms with Gasteiger partial charge in [0.1, 0.15) is 5.82 Å². The van der Waals surface area contributed by atoms with Crippen molar-refractivity contribution in [1.82, 2.24) is 20.6 Å². The summed E-state index contributed by atoms with van der Waals surface area (Å²) in [6.07, 6.45) is 2.95. The molecule has 6 heteroatoms. The highest BCUT2D eigenvalue weighted by Gasteiger charge is 2.06. The number of aromatic amines is 1. The van der Waals surface area contributed by atoms with E-state index in [2.05, 4.69) is 62.8 Å². The molecule has 0 fully saturated rings. The number of hydrogen-bond donors (Lipinski definition) is 3. The van der Waals surface area contributed by atoms with Gasteiger partial charge < -0.3 is 15.6 Å². The molecule has 1 unspecified atom stereocenters. The van der Waals surface area contributed by atoms with Gasteiger partial charge >= 0.3 is 0 Å². The van der Waals surface area contributed by atoms with Crippen molar-refractivity contribution in [3.8, 4) is 0 Å². The largest absolute Gasteiger partial charge is 0.356 e. The second kappa shape index (κ2) is 10.9. The lowest BCUT2D eigenvalue weighted by Gasteiger charge is -2.17. The molecule has 5 nitrogen and oxygen atoms in total. The van der Waals surface area contributed by atoms with Crippen molar-refractivity contribution in [2.24, 2.45) is 4.99 Å². The Hall–Kier alpha value is -2.09. The Kier molecular flexibility index (Phi) is 8.57. The number of halogens is 1. The van der Waals surface area contributed by atoms with Gasteiger partial charge in [0.05, 0.1) is 11.0 Å². The second-order valence-corrected chi connectivity index (χ2v) is 6.52. The van der Waals surface area contributed by atoms with Crippen LogP contribution in [0.15, 0.2) is 59.6 Å². The van der Waals surface area contributed by atoms with Crippen molar-refractivity contribution in [2.45, 2.75) is 32.2 Å². The number of nitrogens with one attached hydrogen (secondary N) is 3. The SMILES string of the molecule is CN=C(NCCc1nc2ccccc2[nH]1)NC(C)CCc1ccccc1.I. The Balaban J connectivity index is 0.00000261. The van der Waals surface area contributed by atoms with Crippen LogP contribution in [0.1, 0.15) is 24.7 Å². The third-order valence-electron chi connectivity index (χ3n) is 4.41. The van der Waals surface area contributed by atoms with Crippen LogP contribution in [-0.4, -0.2) is 35.6 Å². The molecule has 0 aliphatic carbocycles. The lowest BCUT2D eigenvalue weighted by atomic mass is 10.1. The topological polar surface area (TPSA) is 65.1 Å². The van der Waals surface area contributed by atoms with E-state index in [9.17, 15) is 0 Å². The van der Waals surface area contributed by atoms with E-state index < -0.39 is 0 Å². The molecule has 0 amide bonds. The first-order chi connectivity index (χ1) is 12.7. The maximum Gasteiger partial charge on any atom is 0.191 e. The quantitative estimate of drug-likeness (QED) is 0.275. The van der Waals surface area contributed by atoms with Crippen LogP contribution in [0.3, 0.4) is 0 Å². The number of imidazole rings is 1. The number of aromatic nitrogens is 2. The van der Waals surface area contributed by atoms with Gasteiger partial charge in [-0.25, -0.2) is 4.98 Å². The fourth-order valence-corrected chi connectivity index (χ4v) is 2.95. The number of rotatable bonds is 7. The van der Waals surface area contributed by atoms with Gasteiger partial charge in [0.25, 0.3) is 0 Å². The minimum atomic E-state index is 0. The van der Waals surface area contributed by atoms with Gasteiger partial charge in [0.15, 0.2) is 5.96 Å². The molecule has 0 bridgehead atoms. The van der Waals surface area contributed by atoms with E-state index in [-0.39, 0.29) is 24.0 Å². The van der Waals surface area contributed by atoms with E-state index in [0.29, 0.717) is 6.04 Å². The maximum atomic E-state index is 4.60. The maximum absolute atomic E-state index is 4.60. The summed E-state index contributed by atoms with van der Waals surface area (Å²) in [5, 5.41) is 6.83. The lowest BCUT2D eigenvalue weighted by Crippen LogP contribution is -2.43. The second-order valence-electron chi connectivity index (χ2n) is 6.52. The zero-order valence-electron chi connectivity index (χ0n) is 15.9. The van der Waals surface area contributed by atoms with Gasteiger partial charge in [0, 0.05) is 26.1 Å². The molecular weight excluding hydrogens is 449 g/mol. The summed E-state index contributed by atoms with van der Waals surface area (Å²) in [5.74, 6) is 1.83. The molecule has 3 N–H and O–H groups in total. The molecule has 1 heterocycles. The van der Waals surface area contributed by atoms with Crippen LogP contribution in [0.2, 0.25) is 0 Å². The standard InChI is InChI=1S/C21H27N5.HI/c1-16(12-13-17-8-4-3-5-9-17)24-21(22-2)23-15-14-20-25-18-10-6-7-11-19(18)26-20;/h3-11,16H,12-15H2,1-2H3,(H,25,26)(H2,22,23,24);1H. The third kappa shape index (κ3) is 6.53. The fourth-order valence-electron chi connectivity index (χ4n) is 2.95. The number of fused-ring (bicyclic) bond motifs is 1. The summed E-state index contributed by atoms with van der Waals surface area (Å²) in [5.41, 5.74) is 3.47. The van der Waals surface area contributed by atoms with Crippen molar-refractivity contribution in [1.29, 1.82) is 0 Å². The van der Waals surface area contributed by atoms with Crippen LogP contribution in [0, 0.1) is 0 Å². The van der Waals surface area contributed by atoms with Crippen LogP contribution < -0.4 is 10.6 Å². The van der Waals surface area contributed by atoms with Crippen LogP contribution in [0.4, 0.5) is 0 Å². The summed E-state index contributed by atoms with van der Waals surface area (Å²) in [7, 11) is 1.81. The summed E-state index contributed by atoms with van der Waals surface area (Å²) in [4.78, 5) is 12.3. The molecule has 0 aliphatic rings. The predicted octanol–water partition coefficient (Wildman–Crippen LogP) is 3.91. The Bertz CT molecular complexity index is 811. The van der Waals surface area contributed by atoms with Gasteiger partial charge in [-0.2, -0.15) is 0 Å². The third-order valence-corrected chi connectivity index (χ3v) is 4.41. The van der Waals surface area contributed by atoms with Gasteiger partial charge in [-0.15, -0.1) is 24.0 Å². The number of para-hydroxylation sites is 2. The van der Waals surface area contributed by atoms with Gasteiger partial charge in [-0.1, -0.05) is 42.5 Å². The molecule has 0 saturated carbocycles. The summed E-state index contributed by atoms with van der Waals surface area (Å²) in [6.45, 7) is 2.97. The number of hydrogen-bond acceptors (Lipinski definition) is 2. The number of aliphatic imine (C=N–C) groups is 1. The molecule has 144 valence electrons. The number of benzene rings is 2. The normalized spacial score (nSPS) is 12.4. The van der Waals surface area contributed by atoms with E-state index >= 15 is 0 Å². The van der Waals surface area contributed by atoms with Crippen molar-refractivity contribution in [2.75, 3.05) is 13.6 Å². The molecule has 0 radical (unpaired) electrons. The van der Waals surface area contributed by atoms with E-state index in [4.69, 9.17) is 0 Å². The van der Waals surface area contributed by atoms with Crippen molar-refractivity contribution in [3.63, 3.8) is 0 Å². The monoisotopic (exact) mass is 477 g/mol. The van der Waals surface area contributed by atoms with Crippen molar-refractivity contribution < 1.29 is 0 Å². The highest BCUT2D eigenvalue weighted by Crippen LogP contribution is 2.10. The van der Waals surface area contributed by atoms with Gasteiger partial charge in [-0.3, -0.25) is 4.99 Å². The lowest BCUT2D eigenvalue weighted by molar-refractivity contribution is 0.592. The zero-order chi connectivity index (χ0) is 18.2. The molecule has 0 spiro atoms. The summed E-state index contributed by atoms with van der Waals surface area (Å²) < 4.78 is 0. The van der Waals surface area contributed by atoms with Crippen LogP contribution in [0.5, 0.6) is 0 Å². The van der Waals surface area contributed by atoms with Gasteiger partial charge in [0.2, 0.25) is 0 Å². The van der Waals surface area contributed by atoms with E-state index in [1.807, 2.05) is 24.3 Å². The number of aryl methyl sites for hydroxylation is 1. The molecule has 0 saturated heterocycles. The van der Waals surface area contributed by atoms with Crippen molar-refractivity contribution >= 4 is 41.0 Å². The Morgan fingerprint density at radius 2 is 1.81 bits per heavy atom. The first-order valence-electron chi connectivity index (χ1n) is 9.19. The minimum absolute atomic E-state index is 0. The highest BCUT2D eigenvalue weighted by molar-refractivity contribution is 14.0. The highest BCUT2D eigenvalue weighted by atomic mass is 127. The predicted molar refractivity (Wildman–Crippen MR) is 124 cm³/mol. The molecule has 3 aromatic rings. The zero-order valence-corrected chi connectivity index (χ0v) is 18.2. The number of H-pyrrole nitrogens is 1. The van der Waals surface area contributed by atoms with Gasteiger partial charge in [-0.05, 0) is 37.5 Å². The molecule has 2 aromatic carbocycles. The van der Waals surface area contributed by atoms with E-state index in [1.54, 1.807) is 7.05 Å². The minimum Gasteiger partial charge on any atom is -0.356 e. The Labute approximate surface area is 178 Å². The smallest absolute Gasteiger partial charge is 0.191 e. The average molecular weight is 477 g/mol. The molecule has 1 aromatic heterocycles. The van der Waals surface area contributed by atoms with Crippen LogP contribution in [0.25, 0.3) is 11.0 Å². The number of nitrogens with zero attached hydrogens (tertiary/aromatic N) is 2. The molecule has 1 atom stereocenters. The van der Waals surface area contributed by atoms with Crippen LogP contribution in [-0.2, 0) is 12.8 Å². The molecule has 27 heavy (non-hydrogen) atoms. The molecule has 3 rings (SSSR count). The van der Waals surface area contributed by atoms with E-state index in [1.165, 1.54) is 5.56 Å². The summed E-state index contributed by atoms with van der Waals surface area (Å²) >= 11 is 0. The van der Waals surface area contributed by atoms with E-state index in [0.717, 1.165) is 48.6 Å². The van der Waals surface area contributed by atoms with Crippen molar-refractivity contribution in [3.05, 3.63) is 66.0 Å². The Morgan fingerprint density at radius 3 is 2.56 bits per heavy atom. The average Bonchev–Trinajstić information content (AvgIpc) is 3.09. The summed E-state index contributed by atoms with van der Waals surface area (Å²) in [6, 6.07) is 19.0. The Morgan fingerprint density at radius 1 is 1.07 bits per heavy atom. The molecule has 0 aliphatic heterocycles. The van der Waals surface area contributed by atoms with Crippen LogP contribution >= 0.6 is 24.0 Å². The number of guanidine groups is 1. The first-order valence-corrected chi connectivity index (χ1v) is 9.19. The fraction of sp³-hybridized carbons (Fsp3) is 0.333. The first kappa shape index (κ1) is 21.2.